The van der Waals surface area contributed by atoms with E-state index in [1.165, 1.54) is 5.56 Å². The molecule has 0 spiro atoms. The summed E-state index contributed by atoms with van der Waals surface area (Å²) >= 11 is 0. The molecule has 1 atom stereocenters. The van der Waals surface area contributed by atoms with E-state index in [-0.39, 0.29) is 6.04 Å². The van der Waals surface area contributed by atoms with Crippen LogP contribution in [0.25, 0.3) is 0 Å². The van der Waals surface area contributed by atoms with Gasteiger partial charge in [-0.1, -0.05) is 37.3 Å². The van der Waals surface area contributed by atoms with Gasteiger partial charge >= 0.3 is 0 Å². The molecule has 0 unspecified atom stereocenters. The third kappa shape index (κ3) is 4.31. The molecule has 0 amide bonds. The average molecular weight is 285 g/mol. The molecular weight excluding hydrogens is 262 g/mol. The second-order valence-electron chi connectivity index (χ2n) is 5.04. The number of methoxy groups -OCH3 is 1. The van der Waals surface area contributed by atoms with Crippen LogP contribution in [-0.2, 0) is 11.2 Å². The van der Waals surface area contributed by atoms with Crippen LogP contribution >= 0.6 is 0 Å². The molecule has 112 valence electrons. The Labute approximate surface area is 126 Å². The zero-order valence-corrected chi connectivity index (χ0v) is 12.7. The highest BCUT2D eigenvalue weighted by atomic mass is 16.5. The van der Waals surface area contributed by atoms with E-state index in [0.717, 1.165) is 36.5 Å². The van der Waals surface area contributed by atoms with Gasteiger partial charge < -0.3 is 15.2 Å². The summed E-state index contributed by atoms with van der Waals surface area (Å²) in [7, 11) is 1.71. The Morgan fingerprint density at radius 2 is 1.76 bits per heavy atom. The predicted molar refractivity (Wildman–Crippen MR) is 85.8 cm³/mol. The van der Waals surface area contributed by atoms with Crippen LogP contribution in [-0.4, -0.2) is 13.7 Å². The molecule has 2 aromatic rings. The van der Waals surface area contributed by atoms with Crippen molar-refractivity contribution in [2.75, 3.05) is 13.7 Å². The van der Waals surface area contributed by atoms with Crippen LogP contribution in [0.5, 0.6) is 11.5 Å². The number of hydrogen-bond donors (Lipinski definition) is 1. The molecule has 0 heterocycles. The summed E-state index contributed by atoms with van der Waals surface area (Å²) in [5.41, 5.74) is 8.42. The summed E-state index contributed by atoms with van der Waals surface area (Å²) in [6.45, 7) is 2.81. The van der Waals surface area contributed by atoms with Gasteiger partial charge in [-0.25, -0.2) is 0 Å². The SMILES string of the molecule is CC[C@H](N)c1ccccc1Oc1ccc(CCOC)cc1. The largest absolute Gasteiger partial charge is 0.457 e. The first kappa shape index (κ1) is 15.5. The Morgan fingerprint density at radius 1 is 1.05 bits per heavy atom. The van der Waals surface area contributed by atoms with Crippen molar-refractivity contribution in [1.29, 1.82) is 0 Å². The van der Waals surface area contributed by atoms with Crippen molar-refractivity contribution in [3.8, 4) is 11.5 Å². The number of rotatable bonds is 7. The molecule has 2 aromatic carbocycles. The van der Waals surface area contributed by atoms with Gasteiger partial charge in [-0.3, -0.25) is 0 Å². The standard InChI is InChI=1S/C18H23NO2/c1-3-17(19)16-6-4-5-7-18(16)21-15-10-8-14(9-11-15)12-13-20-2/h4-11,17H,3,12-13,19H2,1-2H3/t17-/m0/s1. The van der Waals surface area contributed by atoms with E-state index >= 15 is 0 Å². The third-order valence-electron chi connectivity index (χ3n) is 3.50. The van der Waals surface area contributed by atoms with Crippen molar-refractivity contribution in [3.05, 3.63) is 59.7 Å². The average Bonchev–Trinajstić information content (AvgIpc) is 2.54. The lowest BCUT2D eigenvalue weighted by atomic mass is 10.0. The lowest BCUT2D eigenvalue weighted by Crippen LogP contribution is -2.09. The van der Waals surface area contributed by atoms with Gasteiger partial charge in [0.2, 0.25) is 0 Å². The van der Waals surface area contributed by atoms with Crippen LogP contribution in [0.1, 0.15) is 30.5 Å². The van der Waals surface area contributed by atoms with Gasteiger partial charge in [-0.05, 0) is 36.6 Å². The van der Waals surface area contributed by atoms with E-state index in [9.17, 15) is 0 Å². The van der Waals surface area contributed by atoms with Gasteiger partial charge in [0.1, 0.15) is 11.5 Å². The highest BCUT2D eigenvalue weighted by Crippen LogP contribution is 2.29. The van der Waals surface area contributed by atoms with Crippen LogP contribution in [0.3, 0.4) is 0 Å². The van der Waals surface area contributed by atoms with Crippen molar-refractivity contribution in [3.63, 3.8) is 0 Å². The van der Waals surface area contributed by atoms with Crippen LogP contribution in [0.15, 0.2) is 48.5 Å². The molecule has 3 heteroatoms. The Morgan fingerprint density at radius 3 is 2.43 bits per heavy atom. The molecule has 0 saturated heterocycles. The number of benzene rings is 2. The second-order valence-corrected chi connectivity index (χ2v) is 5.04. The van der Waals surface area contributed by atoms with Gasteiger partial charge in [-0.15, -0.1) is 0 Å². The Kier molecular flexibility index (Phi) is 5.78. The molecule has 0 aliphatic heterocycles. The van der Waals surface area contributed by atoms with Crippen molar-refractivity contribution < 1.29 is 9.47 Å². The lowest BCUT2D eigenvalue weighted by Gasteiger charge is -2.15. The van der Waals surface area contributed by atoms with Gasteiger partial charge in [-0.2, -0.15) is 0 Å². The summed E-state index contributed by atoms with van der Waals surface area (Å²) in [5.74, 6) is 1.66. The summed E-state index contributed by atoms with van der Waals surface area (Å²) in [5, 5.41) is 0. The van der Waals surface area contributed by atoms with E-state index in [1.807, 2.05) is 36.4 Å². The summed E-state index contributed by atoms with van der Waals surface area (Å²) in [6, 6.07) is 16.0. The van der Waals surface area contributed by atoms with E-state index in [0.29, 0.717) is 0 Å². The summed E-state index contributed by atoms with van der Waals surface area (Å²) < 4.78 is 11.1. The summed E-state index contributed by atoms with van der Waals surface area (Å²) in [4.78, 5) is 0. The highest BCUT2D eigenvalue weighted by molar-refractivity contribution is 5.40. The lowest BCUT2D eigenvalue weighted by molar-refractivity contribution is 0.202. The smallest absolute Gasteiger partial charge is 0.132 e. The fraction of sp³-hybridized carbons (Fsp3) is 0.333. The Hall–Kier alpha value is -1.84. The number of hydrogen-bond acceptors (Lipinski definition) is 3. The molecule has 0 saturated carbocycles. The molecule has 3 nitrogen and oxygen atoms in total. The minimum Gasteiger partial charge on any atom is -0.457 e. The molecule has 2 rings (SSSR count). The molecule has 2 N–H and O–H groups in total. The number of nitrogens with two attached hydrogens (primary N) is 1. The third-order valence-corrected chi connectivity index (χ3v) is 3.50. The molecule has 0 radical (unpaired) electrons. The van der Waals surface area contributed by atoms with E-state index in [1.54, 1.807) is 7.11 Å². The normalized spacial score (nSPS) is 12.1. The maximum Gasteiger partial charge on any atom is 0.132 e. The molecule has 21 heavy (non-hydrogen) atoms. The summed E-state index contributed by atoms with van der Waals surface area (Å²) in [6.07, 6.45) is 1.80. The Balaban J connectivity index is 2.11. The Bertz CT molecular complexity index is 551. The zero-order chi connectivity index (χ0) is 15.1. The van der Waals surface area contributed by atoms with E-state index in [4.69, 9.17) is 15.2 Å². The topological polar surface area (TPSA) is 44.5 Å². The minimum atomic E-state index is 0.00201. The van der Waals surface area contributed by atoms with Crippen LogP contribution in [0.4, 0.5) is 0 Å². The molecule has 0 aromatic heterocycles. The molecule has 0 aliphatic rings. The minimum absolute atomic E-state index is 0.00201. The van der Waals surface area contributed by atoms with Crippen LogP contribution < -0.4 is 10.5 Å². The molecule has 0 bridgehead atoms. The first-order chi connectivity index (χ1) is 10.2. The predicted octanol–water partition coefficient (Wildman–Crippen LogP) is 4.08. The first-order valence-electron chi connectivity index (χ1n) is 7.34. The first-order valence-corrected chi connectivity index (χ1v) is 7.34. The van der Waals surface area contributed by atoms with E-state index < -0.39 is 0 Å². The van der Waals surface area contributed by atoms with Gasteiger partial charge in [0.15, 0.2) is 0 Å². The number of para-hydroxylation sites is 1. The fourth-order valence-corrected chi connectivity index (χ4v) is 2.17. The second kappa shape index (κ2) is 7.81. The van der Waals surface area contributed by atoms with Crippen molar-refractivity contribution in [2.24, 2.45) is 5.73 Å². The number of ether oxygens (including phenoxy) is 2. The quantitative estimate of drug-likeness (QED) is 0.833. The van der Waals surface area contributed by atoms with Crippen molar-refractivity contribution in [1.82, 2.24) is 0 Å². The highest BCUT2D eigenvalue weighted by Gasteiger charge is 2.10. The van der Waals surface area contributed by atoms with Crippen molar-refractivity contribution in [2.45, 2.75) is 25.8 Å². The van der Waals surface area contributed by atoms with Gasteiger partial charge in [0.25, 0.3) is 0 Å². The zero-order valence-electron chi connectivity index (χ0n) is 12.7. The van der Waals surface area contributed by atoms with Crippen LogP contribution in [0.2, 0.25) is 0 Å². The fourth-order valence-electron chi connectivity index (χ4n) is 2.17. The van der Waals surface area contributed by atoms with Crippen molar-refractivity contribution >= 4 is 0 Å². The molecular formula is C18H23NO2. The van der Waals surface area contributed by atoms with Crippen LogP contribution in [0, 0.1) is 0 Å². The maximum absolute atomic E-state index is 6.13. The monoisotopic (exact) mass is 285 g/mol. The molecule has 0 aliphatic carbocycles. The van der Waals surface area contributed by atoms with Gasteiger partial charge in [0.05, 0.1) is 6.61 Å². The van der Waals surface area contributed by atoms with E-state index in [2.05, 4.69) is 19.1 Å². The maximum atomic E-state index is 6.13. The van der Waals surface area contributed by atoms with Gasteiger partial charge in [0, 0.05) is 18.7 Å². The molecule has 0 fully saturated rings.